The molecule has 0 aliphatic rings. The highest BCUT2D eigenvalue weighted by atomic mass is 35.5. The predicted molar refractivity (Wildman–Crippen MR) is 71.6 cm³/mol. The Morgan fingerprint density at radius 1 is 1.37 bits per heavy atom. The molecule has 0 spiro atoms. The zero-order chi connectivity index (χ0) is 13.7. The van der Waals surface area contributed by atoms with Gasteiger partial charge in [-0.15, -0.1) is 0 Å². The molecule has 0 fully saturated rings. The third-order valence-corrected chi connectivity index (χ3v) is 2.70. The first-order valence-corrected chi connectivity index (χ1v) is 5.95. The fraction of sp³-hybridized carbons (Fsp3) is 0.0714. The molecular weight excluding hydrogens is 262 g/mol. The third-order valence-electron chi connectivity index (χ3n) is 2.46. The van der Waals surface area contributed by atoms with Gasteiger partial charge in [0.05, 0.1) is 11.6 Å². The summed E-state index contributed by atoms with van der Waals surface area (Å²) < 4.78 is 0. The maximum absolute atomic E-state index is 11.8. The number of aromatic nitrogens is 1. The second-order valence-electron chi connectivity index (χ2n) is 3.85. The van der Waals surface area contributed by atoms with Crippen LogP contribution in [0.25, 0.3) is 0 Å². The number of carbonyl (C=O) groups excluding carboxylic acids is 1. The number of hydrogen-bond acceptors (Lipinski definition) is 3. The van der Waals surface area contributed by atoms with E-state index in [-0.39, 0.29) is 11.6 Å². The summed E-state index contributed by atoms with van der Waals surface area (Å²) in [7, 11) is 0. The van der Waals surface area contributed by atoms with Gasteiger partial charge >= 0.3 is 0 Å². The minimum Gasteiger partial charge on any atom is -0.347 e. The number of nitriles is 1. The molecule has 2 rings (SSSR count). The molecule has 5 heteroatoms. The number of pyridine rings is 1. The van der Waals surface area contributed by atoms with E-state index in [4.69, 9.17) is 16.9 Å². The van der Waals surface area contributed by atoms with Crippen LogP contribution in [0.4, 0.5) is 0 Å². The molecule has 0 atom stereocenters. The zero-order valence-electron chi connectivity index (χ0n) is 9.93. The highest BCUT2D eigenvalue weighted by molar-refractivity contribution is 6.30. The maximum Gasteiger partial charge on any atom is 0.270 e. The van der Waals surface area contributed by atoms with E-state index in [0.717, 1.165) is 5.56 Å². The molecule has 0 unspecified atom stereocenters. The quantitative estimate of drug-likeness (QED) is 0.933. The number of benzene rings is 1. The van der Waals surface area contributed by atoms with Crippen LogP contribution >= 0.6 is 11.6 Å². The Labute approximate surface area is 115 Å². The summed E-state index contributed by atoms with van der Waals surface area (Å²) in [6, 6.07) is 12.2. The first kappa shape index (κ1) is 13.1. The average Bonchev–Trinajstić information content (AvgIpc) is 2.45. The number of nitrogens with zero attached hydrogens (tertiary/aromatic N) is 2. The van der Waals surface area contributed by atoms with Crippen LogP contribution in [0.3, 0.4) is 0 Å². The highest BCUT2D eigenvalue weighted by Gasteiger charge is 2.07. The van der Waals surface area contributed by atoms with Crippen LogP contribution in [-0.2, 0) is 6.54 Å². The van der Waals surface area contributed by atoms with Crippen molar-refractivity contribution in [1.82, 2.24) is 10.3 Å². The van der Waals surface area contributed by atoms with Crippen LogP contribution < -0.4 is 5.32 Å². The Balaban J connectivity index is 2.02. The van der Waals surface area contributed by atoms with Crippen molar-refractivity contribution < 1.29 is 4.79 Å². The van der Waals surface area contributed by atoms with Crippen LogP contribution in [-0.4, -0.2) is 10.9 Å². The summed E-state index contributed by atoms with van der Waals surface area (Å²) >= 11 is 5.79. The van der Waals surface area contributed by atoms with Crippen molar-refractivity contribution in [1.29, 1.82) is 5.26 Å². The van der Waals surface area contributed by atoms with Crippen molar-refractivity contribution in [2.45, 2.75) is 6.54 Å². The van der Waals surface area contributed by atoms with Gasteiger partial charge < -0.3 is 5.32 Å². The molecule has 0 aliphatic heterocycles. The topological polar surface area (TPSA) is 65.8 Å². The van der Waals surface area contributed by atoms with E-state index < -0.39 is 0 Å². The van der Waals surface area contributed by atoms with Gasteiger partial charge in [-0.3, -0.25) is 9.78 Å². The molecule has 1 heterocycles. The minimum atomic E-state index is -0.301. The van der Waals surface area contributed by atoms with Crippen LogP contribution in [0, 0.1) is 11.3 Å². The Morgan fingerprint density at radius 2 is 2.21 bits per heavy atom. The van der Waals surface area contributed by atoms with E-state index in [1.54, 1.807) is 24.3 Å². The van der Waals surface area contributed by atoms with Crippen molar-refractivity contribution in [3.8, 4) is 6.07 Å². The summed E-state index contributed by atoms with van der Waals surface area (Å²) in [4.78, 5) is 15.8. The lowest BCUT2D eigenvalue weighted by Gasteiger charge is -2.05. The van der Waals surface area contributed by atoms with Crippen molar-refractivity contribution in [3.05, 3.63) is 64.4 Å². The molecule has 0 saturated carbocycles. The molecule has 2 aromatic rings. The largest absolute Gasteiger partial charge is 0.347 e. The van der Waals surface area contributed by atoms with Gasteiger partial charge in [0.2, 0.25) is 0 Å². The predicted octanol–water partition coefficient (Wildman–Crippen LogP) is 2.54. The first-order valence-electron chi connectivity index (χ1n) is 5.58. The van der Waals surface area contributed by atoms with Gasteiger partial charge in [-0.05, 0) is 29.8 Å². The van der Waals surface area contributed by atoms with Gasteiger partial charge in [-0.1, -0.05) is 23.7 Å². The SMILES string of the molecule is N#Cc1cccc(CNC(=O)c2cc(Cl)ccn2)c1. The third kappa shape index (κ3) is 3.54. The molecule has 19 heavy (non-hydrogen) atoms. The van der Waals surface area contributed by atoms with Gasteiger partial charge in [0.15, 0.2) is 0 Å². The van der Waals surface area contributed by atoms with Crippen molar-refractivity contribution in [3.63, 3.8) is 0 Å². The number of carbonyl (C=O) groups is 1. The number of nitrogens with one attached hydrogen (secondary N) is 1. The lowest BCUT2D eigenvalue weighted by atomic mass is 10.1. The van der Waals surface area contributed by atoms with Crippen LogP contribution in [0.2, 0.25) is 5.02 Å². The molecule has 0 bridgehead atoms. The lowest BCUT2D eigenvalue weighted by molar-refractivity contribution is 0.0946. The second kappa shape index (κ2) is 5.98. The molecule has 0 aliphatic carbocycles. The van der Waals surface area contributed by atoms with Crippen LogP contribution in [0.15, 0.2) is 42.6 Å². The van der Waals surface area contributed by atoms with Crippen molar-refractivity contribution >= 4 is 17.5 Å². The van der Waals surface area contributed by atoms with Crippen molar-refractivity contribution in [2.24, 2.45) is 0 Å². The standard InChI is InChI=1S/C14H10ClN3O/c15-12-4-5-17-13(7-12)14(19)18-9-11-3-1-2-10(6-11)8-16/h1-7H,9H2,(H,18,19). The molecule has 1 amide bonds. The van der Waals surface area contributed by atoms with Gasteiger partial charge in [0.25, 0.3) is 5.91 Å². The van der Waals surface area contributed by atoms with Crippen LogP contribution in [0.5, 0.6) is 0 Å². The summed E-state index contributed by atoms with van der Waals surface area (Å²) in [6.45, 7) is 0.336. The fourth-order valence-electron chi connectivity index (χ4n) is 1.55. The highest BCUT2D eigenvalue weighted by Crippen LogP contribution is 2.08. The summed E-state index contributed by atoms with van der Waals surface area (Å²) in [5, 5.41) is 12.0. The Bertz CT molecular complexity index is 649. The average molecular weight is 272 g/mol. The van der Waals surface area contributed by atoms with E-state index in [2.05, 4.69) is 16.4 Å². The Morgan fingerprint density at radius 3 is 2.95 bits per heavy atom. The van der Waals surface area contributed by atoms with Crippen molar-refractivity contribution in [2.75, 3.05) is 0 Å². The molecule has 0 radical (unpaired) electrons. The maximum atomic E-state index is 11.8. The van der Waals surface area contributed by atoms with Gasteiger partial charge in [-0.25, -0.2) is 0 Å². The molecule has 1 aromatic heterocycles. The van der Waals surface area contributed by atoms with Gasteiger partial charge in [-0.2, -0.15) is 5.26 Å². The molecular formula is C14H10ClN3O. The lowest BCUT2D eigenvalue weighted by Crippen LogP contribution is -2.23. The smallest absolute Gasteiger partial charge is 0.270 e. The molecule has 94 valence electrons. The van der Waals surface area contributed by atoms with Crippen LogP contribution in [0.1, 0.15) is 21.6 Å². The molecule has 1 aromatic carbocycles. The Hall–Kier alpha value is -2.38. The van der Waals surface area contributed by atoms with E-state index >= 15 is 0 Å². The Kier molecular flexibility index (Phi) is 4.11. The van der Waals surface area contributed by atoms with Gasteiger partial charge in [0.1, 0.15) is 5.69 Å². The second-order valence-corrected chi connectivity index (χ2v) is 4.29. The first-order chi connectivity index (χ1) is 9.19. The number of amides is 1. The summed E-state index contributed by atoms with van der Waals surface area (Å²) in [5.74, 6) is -0.301. The zero-order valence-corrected chi connectivity index (χ0v) is 10.7. The number of rotatable bonds is 3. The normalized spacial score (nSPS) is 9.68. The summed E-state index contributed by atoms with van der Waals surface area (Å²) in [5.41, 5.74) is 1.69. The minimum absolute atomic E-state index is 0.268. The van der Waals surface area contributed by atoms with E-state index in [9.17, 15) is 4.79 Å². The van der Waals surface area contributed by atoms with E-state index in [1.165, 1.54) is 12.3 Å². The number of hydrogen-bond donors (Lipinski definition) is 1. The molecule has 0 saturated heterocycles. The molecule has 1 N–H and O–H groups in total. The number of halogens is 1. The fourth-order valence-corrected chi connectivity index (χ4v) is 1.71. The van der Waals surface area contributed by atoms with Gasteiger partial charge in [0, 0.05) is 17.8 Å². The summed E-state index contributed by atoms with van der Waals surface area (Å²) in [6.07, 6.45) is 1.48. The molecule has 4 nitrogen and oxygen atoms in total. The van der Waals surface area contributed by atoms with E-state index in [0.29, 0.717) is 17.1 Å². The monoisotopic (exact) mass is 271 g/mol. The van der Waals surface area contributed by atoms with E-state index in [1.807, 2.05) is 6.07 Å².